The van der Waals surface area contributed by atoms with Crippen molar-refractivity contribution in [3.05, 3.63) is 75.2 Å². The van der Waals surface area contributed by atoms with Crippen LogP contribution in [0.4, 0.5) is 5.69 Å². The van der Waals surface area contributed by atoms with Gasteiger partial charge in [-0.05, 0) is 36.8 Å². The predicted molar refractivity (Wildman–Crippen MR) is 161 cm³/mol. The number of hydrogen-bond acceptors (Lipinski definition) is 3. The molecule has 0 saturated carbocycles. The lowest BCUT2D eigenvalue weighted by atomic mass is 10.1. The van der Waals surface area contributed by atoms with Crippen molar-refractivity contribution in [2.75, 3.05) is 11.9 Å². The van der Waals surface area contributed by atoms with E-state index in [0.29, 0.717) is 22.9 Å². The number of nitrogens with one attached hydrogen (secondary N) is 1. The van der Waals surface area contributed by atoms with Gasteiger partial charge in [-0.15, -0.1) is 0 Å². The summed E-state index contributed by atoms with van der Waals surface area (Å²) in [4.78, 5) is 13.1. The minimum absolute atomic E-state index is 0. The van der Waals surface area contributed by atoms with E-state index in [1.165, 1.54) is 69.9 Å². The van der Waals surface area contributed by atoms with E-state index < -0.39 is 0 Å². The number of thiazole rings is 1. The standard InChI is InChI=1S/C32H43ClN2O2S.BrH/c1-3-4-5-6-7-8-9-10-11-12-13-14-20-37-31-22-28(33)18-19-30(31)32(36)34-29-17-15-16-27(21-29)23-35-25-38-24-26(35)2;/h15-19,21-22,24-25H,3-14,20,23H2,1-2H3;1H. The van der Waals surface area contributed by atoms with Gasteiger partial charge in [0.05, 0.1) is 17.6 Å². The number of hydrogen-bond donors (Lipinski definition) is 1. The number of aromatic nitrogens is 1. The molecule has 7 heteroatoms. The molecule has 0 atom stereocenters. The average Bonchev–Trinajstić information content (AvgIpc) is 3.31. The molecule has 0 saturated heterocycles. The summed E-state index contributed by atoms with van der Waals surface area (Å²) in [6.45, 7) is 5.73. The van der Waals surface area contributed by atoms with Crippen LogP contribution in [0.25, 0.3) is 0 Å². The highest BCUT2D eigenvalue weighted by Crippen LogP contribution is 2.25. The quantitative estimate of drug-likeness (QED) is 0.130. The van der Waals surface area contributed by atoms with Crippen LogP contribution in [-0.2, 0) is 6.54 Å². The van der Waals surface area contributed by atoms with Gasteiger partial charge >= 0.3 is 0 Å². The fourth-order valence-corrected chi connectivity index (χ4v) is 5.53. The van der Waals surface area contributed by atoms with Crippen molar-refractivity contribution in [1.29, 1.82) is 0 Å². The first-order valence-corrected chi connectivity index (χ1v) is 15.6. The third kappa shape index (κ3) is 12.4. The number of amides is 1. The lowest BCUT2D eigenvalue weighted by Gasteiger charge is -2.13. The second-order valence-electron chi connectivity index (χ2n) is 10.2. The Hall–Kier alpha value is -1.89. The average molecular weight is 636 g/mol. The largest absolute Gasteiger partial charge is 1.00 e. The number of benzene rings is 2. The van der Waals surface area contributed by atoms with E-state index in [0.717, 1.165) is 30.6 Å². The van der Waals surface area contributed by atoms with Gasteiger partial charge in [-0.25, -0.2) is 0 Å². The molecule has 3 rings (SSSR count). The maximum absolute atomic E-state index is 13.1. The monoisotopic (exact) mass is 634 g/mol. The zero-order valence-corrected chi connectivity index (χ0v) is 26.7. The van der Waals surface area contributed by atoms with Crippen molar-refractivity contribution in [3.63, 3.8) is 0 Å². The van der Waals surface area contributed by atoms with Crippen LogP contribution in [0.15, 0.2) is 53.4 Å². The zero-order valence-electron chi connectivity index (χ0n) is 23.5. The van der Waals surface area contributed by atoms with Crippen molar-refractivity contribution in [1.82, 2.24) is 0 Å². The molecule has 3 aromatic rings. The molecule has 0 radical (unpaired) electrons. The van der Waals surface area contributed by atoms with E-state index in [-0.39, 0.29) is 22.9 Å². The topological polar surface area (TPSA) is 42.2 Å². The molecule has 214 valence electrons. The molecular formula is C32H44BrClN2O2S. The van der Waals surface area contributed by atoms with Crippen LogP contribution in [0.5, 0.6) is 5.75 Å². The molecule has 39 heavy (non-hydrogen) atoms. The van der Waals surface area contributed by atoms with Crippen molar-refractivity contribution in [2.45, 2.75) is 97.4 Å². The lowest BCUT2D eigenvalue weighted by molar-refractivity contribution is -0.689. The van der Waals surface area contributed by atoms with E-state index >= 15 is 0 Å². The van der Waals surface area contributed by atoms with Crippen molar-refractivity contribution in [3.8, 4) is 5.75 Å². The minimum Gasteiger partial charge on any atom is -1.00 e. The minimum atomic E-state index is -0.192. The molecule has 0 aliphatic carbocycles. The fourth-order valence-electron chi connectivity index (χ4n) is 4.59. The summed E-state index contributed by atoms with van der Waals surface area (Å²) >= 11 is 7.91. The van der Waals surface area contributed by atoms with Crippen LogP contribution in [0.2, 0.25) is 5.02 Å². The van der Waals surface area contributed by atoms with E-state index in [1.54, 1.807) is 29.5 Å². The Balaban J connectivity index is 0.00000533. The second kappa shape index (κ2) is 19.2. The summed E-state index contributed by atoms with van der Waals surface area (Å²) in [5.41, 5.74) is 5.73. The van der Waals surface area contributed by atoms with Gasteiger partial charge in [0.25, 0.3) is 5.91 Å². The van der Waals surface area contributed by atoms with Crippen LogP contribution in [0.1, 0.15) is 106 Å². The summed E-state index contributed by atoms with van der Waals surface area (Å²) in [5, 5.41) is 5.73. The molecule has 0 bridgehead atoms. The van der Waals surface area contributed by atoms with Gasteiger partial charge in [-0.2, -0.15) is 4.57 Å². The Morgan fingerprint density at radius 2 is 1.59 bits per heavy atom. The van der Waals surface area contributed by atoms with E-state index in [2.05, 4.69) is 40.7 Å². The summed E-state index contributed by atoms with van der Waals surface area (Å²) in [6, 6.07) is 13.2. The molecule has 0 unspecified atom stereocenters. The first-order valence-electron chi connectivity index (χ1n) is 14.3. The molecule has 0 aliphatic rings. The molecule has 0 fully saturated rings. The number of ether oxygens (including phenoxy) is 1. The Morgan fingerprint density at radius 3 is 2.23 bits per heavy atom. The van der Waals surface area contributed by atoms with Crippen molar-refractivity contribution in [2.24, 2.45) is 0 Å². The SMILES string of the molecule is CCCCCCCCCCCCCCOc1cc(Cl)ccc1C(=O)Nc1cccc(C[n+]2cscc2C)c1.[Br-]. The van der Waals surface area contributed by atoms with Gasteiger partial charge in [0.2, 0.25) is 5.51 Å². The zero-order chi connectivity index (χ0) is 27.0. The summed E-state index contributed by atoms with van der Waals surface area (Å²) in [6.07, 6.45) is 15.6. The fraction of sp³-hybridized carbons (Fsp3) is 0.500. The van der Waals surface area contributed by atoms with Gasteiger partial charge in [0.1, 0.15) is 5.75 Å². The molecule has 0 aliphatic heterocycles. The summed E-state index contributed by atoms with van der Waals surface area (Å²) in [7, 11) is 0. The number of anilines is 1. The van der Waals surface area contributed by atoms with Crippen LogP contribution < -0.4 is 31.6 Å². The third-order valence-corrected chi connectivity index (χ3v) is 7.95. The number of carbonyl (C=O) groups excluding carboxylic acids is 1. The number of nitrogens with zero attached hydrogens (tertiary/aromatic N) is 1. The van der Waals surface area contributed by atoms with E-state index in [4.69, 9.17) is 16.3 Å². The molecule has 1 heterocycles. The smallest absolute Gasteiger partial charge is 0.259 e. The Kier molecular flexibility index (Phi) is 16.4. The highest BCUT2D eigenvalue weighted by Gasteiger charge is 2.15. The maximum atomic E-state index is 13.1. The predicted octanol–water partition coefficient (Wildman–Crippen LogP) is 6.38. The number of aryl methyl sites for hydroxylation is 1. The first kappa shape index (κ1) is 33.3. The van der Waals surface area contributed by atoms with Gasteiger partial charge in [0.15, 0.2) is 12.2 Å². The highest BCUT2D eigenvalue weighted by atomic mass is 79.9. The maximum Gasteiger partial charge on any atom is 0.259 e. The van der Waals surface area contributed by atoms with E-state index in [9.17, 15) is 4.79 Å². The van der Waals surface area contributed by atoms with Gasteiger partial charge in [-0.1, -0.05) is 113 Å². The van der Waals surface area contributed by atoms with Gasteiger partial charge < -0.3 is 27.0 Å². The third-order valence-electron chi connectivity index (χ3n) is 6.86. The van der Waals surface area contributed by atoms with Gasteiger partial charge in [-0.3, -0.25) is 4.79 Å². The van der Waals surface area contributed by atoms with Crippen molar-refractivity contribution >= 4 is 34.5 Å². The first-order chi connectivity index (χ1) is 18.6. The molecule has 4 nitrogen and oxygen atoms in total. The molecule has 1 N–H and O–H groups in total. The van der Waals surface area contributed by atoms with Gasteiger partial charge in [0, 0.05) is 23.2 Å². The molecule has 1 amide bonds. The van der Waals surface area contributed by atoms with Crippen LogP contribution in [0, 0.1) is 6.92 Å². The van der Waals surface area contributed by atoms with E-state index in [1.807, 2.05) is 18.2 Å². The lowest BCUT2D eigenvalue weighted by Crippen LogP contribution is -3.00. The highest BCUT2D eigenvalue weighted by molar-refractivity contribution is 7.07. The molecule has 0 spiro atoms. The van der Waals surface area contributed by atoms with Crippen LogP contribution in [-0.4, -0.2) is 12.5 Å². The summed E-state index contributed by atoms with van der Waals surface area (Å²) in [5.74, 6) is 0.349. The summed E-state index contributed by atoms with van der Waals surface area (Å²) < 4.78 is 8.23. The Labute approximate surface area is 254 Å². The normalized spacial score (nSPS) is 10.7. The number of carbonyl (C=O) groups is 1. The number of rotatable bonds is 18. The molecular weight excluding hydrogens is 592 g/mol. The van der Waals surface area contributed by atoms with Crippen LogP contribution in [0.3, 0.4) is 0 Å². The number of halogens is 2. The Morgan fingerprint density at radius 1 is 0.923 bits per heavy atom. The number of unbranched alkanes of at least 4 members (excludes halogenated alkanes) is 11. The van der Waals surface area contributed by atoms with Crippen LogP contribution >= 0.6 is 22.9 Å². The van der Waals surface area contributed by atoms with Crippen molar-refractivity contribution < 1.29 is 31.1 Å². The second-order valence-corrected chi connectivity index (χ2v) is 11.3. The molecule has 2 aromatic carbocycles. The Bertz CT molecular complexity index is 1120. The molecule has 1 aromatic heterocycles.